The summed E-state index contributed by atoms with van der Waals surface area (Å²) in [7, 11) is 0. The van der Waals surface area contributed by atoms with Gasteiger partial charge in [-0.3, -0.25) is 9.78 Å². The number of pyridine rings is 1. The van der Waals surface area contributed by atoms with E-state index in [0.717, 1.165) is 53.4 Å². The second-order valence-electron chi connectivity index (χ2n) is 9.20. The molecule has 3 aromatic rings. The van der Waals surface area contributed by atoms with Crippen molar-refractivity contribution in [2.45, 2.75) is 64.2 Å². The summed E-state index contributed by atoms with van der Waals surface area (Å²) >= 11 is 0. The number of amides is 1. The highest BCUT2D eigenvalue weighted by molar-refractivity contribution is 5.97. The molecule has 0 saturated heterocycles. The summed E-state index contributed by atoms with van der Waals surface area (Å²) in [5.41, 5.74) is 3.96. The van der Waals surface area contributed by atoms with Crippen molar-refractivity contribution in [2.24, 2.45) is 0 Å². The number of hydrogen-bond donors (Lipinski definition) is 3. The lowest BCUT2D eigenvalue weighted by Gasteiger charge is -2.30. The van der Waals surface area contributed by atoms with E-state index >= 15 is 0 Å². The Balaban J connectivity index is 1.35. The average molecular weight is 422 g/mol. The molecule has 6 nitrogen and oxygen atoms in total. The molecule has 1 aliphatic rings. The predicted molar refractivity (Wildman–Crippen MR) is 122 cm³/mol. The number of aromatic nitrogens is 2. The maximum Gasteiger partial charge on any atom is 0.251 e. The first kappa shape index (κ1) is 21.5. The summed E-state index contributed by atoms with van der Waals surface area (Å²) < 4.78 is 5.80. The quantitative estimate of drug-likeness (QED) is 0.552. The highest BCUT2D eigenvalue weighted by atomic mass is 16.5. The van der Waals surface area contributed by atoms with Gasteiger partial charge in [0, 0.05) is 34.9 Å². The molecule has 0 radical (unpaired) electrons. The van der Waals surface area contributed by atoms with E-state index in [4.69, 9.17) is 4.74 Å². The molecular formula is C25H31N3O3. The highest BCUT2D eigenvalue weighted by Crippen LogP contribution is 2.28. The van der Waals surface area contributed by atoms with E-state index in [0.29, 0.717) is 12.2 Å². The summed E-state index contributed by atoms with van der Waals surface area (Å²) in [5.74, 6) is -0.0453. The van der Waals surface area contributed by atoms with Crippen LogP contribution in [0.5, 0.6) is 0 Å². The van der Waals surface area contributed by atoms with Crippen molar-refractivity contribution in [3.8, 4) is 11.3 Å². The van der Waals surface area contributed by atoms with Crippen molar-refractivity contribution in [1.29, 1.82) is 0 Å². The standard InChI is InChI=1S/C25H31N3O3/c1-16-14-27-23(21-12-13-26-22(16)21)17-4-6-18(7-5-17)24(29)28-19-8-10-20(11-9-19)31-15-25(2,3)30/h4-7,12-14,19-20,26,30H,8-11,15H2,1-3H3,(H,28,29)/t19-,20-. The molecule has 2 aromatic heterocycles. The number of aromatic amines is 1. The minimum Gasteiger partial charge on any atom is -0.388 e. The Morgan fingerprint density at radius 2 is 1.90 bits per heavy atom. The number of carbonyl (C=O) groups is 1. The van der Waals surface area contributed by atoms with Gasteiger partial charge in [-0.1, -0.05) is 12.1 Å². The molecule has 0 aliphatic heterocycles. The van der Waals surface area contributed by atoms with Gasteiger partial charge < -0.3 is 20.1 Å². The van der Waals surface area contributed by atoms with Gasteiger partial charge in [0.05, 0.1) is 29.5 Å². The smallest absolute Gasteiger partial charge is 0.251 e. The molecule has 0 spiro atoms. The first-order chi connectivity index (χ1) is 14.8. The number of carbonyl (C=O) groups excluding carboxylic acids is 1. The van der Waals surface area contributed by atoms with E-state index in [-0.39, 0.29) is 18.1 Å². The van der Waals surface area contributed by atoms with Crippen LogP contribution < -0.4 is 5.32 Å². The van der Waals surface area contributed by atoms with Crippen molar-refractivity contribution in [1.82, 2.24) is 15.3 Å². The van der Waals surface area contributed by atoms with Crippen LogP contribution in [-0.4, -0.2) is 45.3 Å². The number of fused-ring (bicyclic) bond motifs is 1. The van der Waals surface area contributed by atoms with Gasteiger partial charge in [-0.15, -0.1) is 0 Å². The van der Waals surface area contributed by atoms with E-state index in [9.17, 15) is 9.90 Å². The van der Waals surface area contributed by atoms with Crippen LogP contribution in [0.15, 0.2) is 42.7 Å². The fraction of sp³-hybridized carbons (Fsp3) is 0.440. The van der Waals surface area contributed by atoms with Gasteiger partial charge in [-0.05, 0) is 70.2 Å². The van der Waals surface area contributed by atoms with Crippen LogP contribution in [0.3, 0.4) is 0 Å². The zero-order chi connectivity index (χ0) is 22.0. The molecule has 0 bridgehead atoms. The predicted octanol–water partition coefficient (Wildman–Crippen LogP) is 4.37. The molecule has 1 amide bonds. The Hall–Kier alpha value is -2.70. The number of aryl methyl sites for hydroxylation is 1. The number of rotatable bonds is 6. The molecule has 31 heavy (non-hydrogen) atoms. The molecule has 1 aliphatic carbocycles. The number of H-pyrrole nitrogens is 1. The third kappa shape index (κ3) is 5.14. The molecule has 0 unspecified atom stereocenters. The van der Waals surface area contributed by atoms with Crippen LogP contribution in [0.4, 0.5) is 0 Å². The van der Waals surface area contributed by atoms with E-state index in [1.807, 2.05) is 49.6 Å². The number of aliphatic hydroxyl groups is 1. The van der Waals surface area contributed by atoms with Crippen LogP contribution >= 0.6 is 0 Å². The minimum atomic E-state index is -0.807. The largest absolute Gasteiger partial charge is 0.388 e. The van der Waals surface area contributed by atoms with Crippen molar-refractivity contribution in [3.05, 3.63) is 53.9 Å². The van der Waals surface area contributed by atoms with Crippen molar-refractivity contribution < 1.29 is 14.6 Å². The van der Waals surface area contributed by atoms with Crippen LogP contribution in [0.25, 0.3) is 22.2 Å². The summed E-state index contributed by atoms with van der Waals surface area (Å²) in [5, 5.41) is 14.0. The molecule has 164 valence electrons. The molecule has 0 atom stereocenters. The van der Waals surface area contributed by atoms with Gasteiger partial charge in [0.15, 0.2) is 0 Å². The van der Waals surface area contributed by atoms with E-state index < -0.39 is 5.60 Å². The third-order valence-corrected chi connectivity index (χ3v) is 5.89. The van der Waals surface area contributed by atoms with Gasteiger partial charge in [0.25, 0.3) is 5.91 Å². The number of nitrogens with zero attached hydrogens (tertiary/aromatic N) is 1. The Labute approximate surface area is 183 Å². The number of hydrogen-bond acceptors (Lipinski definition) is 4. The molecule has 1 fully saturated rings. The highest BCUT2D eigenvalue weighted by Gasteiger charge is 2.25. The summed E-state index contributed by atoms with van der Waals surface area (Å²) in [6.07, 6.45) is 7.52. The van der Waals surface area contributed by atoms with Crippen molar-refractivity contribution >= 4 is 16.8 Å². The summed E-state index contributed by atoms with van der Waals surface area (Å²) in [6, 6.07) is 9.84. The fourth-order valence-corrected chi connectivity index (χ4v) is 4.16. The summed E-state index contributed by atoms with van der Waals surface area (Å²) in [6.45, 7) is 5.88. The maximum absolute atomic E-state index is 12.7. The first-order valence-electron chi connectivity index (χ1n) is 11.0. The van der Waals surface area contributed by atoms with Gasteiger partial charge in [-0.25, -0.2) is 0 Å². The van der Waals surface area contributed by atoms with E-state index in [2.05, 4.69) is 15.3 Å². The lowest BCUT2D eigenvalue weighted by molar-refractivity contribution is -0.0640. The fourth-order valence-electron chi connectivity index (χ4n) is 4.16. The minimum absolute atomic E-state index is 0.0453. The Morgan fingerprint density at radius 3 is 2.58 bits per heavy atom. The number of ether oxygens (including phenoxy) is 1. The topological polar surface area (TPSA) is 87.2 Å². The average Bonchev–Trinajstić information content (AvgIpc) is 3.24. The molecule has 1 aromatic carbocycles. The van der Waals surface area contributed by atoms with Gasteiger partial charge in [0.2, 0.25) is 0 Å². The number of nitrogens with one attached hydrogen (secondary N) is 2. The second-order valence-corrected chi connectivity index (χ2v) is 9.20. The molecule has 6 heteroatoms. The number of benzene rings is 1. The van der Waals surface area contributed by atoms with Crippen LogP contribution in [0.2, 0.25) is 0 Å². The lowest BCUT2D eigenvalue weighted by Crippen LogP contribution is -2.40. The SMILES string of the molecule is Cc1cnc(-c2ccc(C(=O)N[C@H]3CC[C@H](OCC(C)(C)O)CC3)cc2)c2cc[nH]c12. The third-order valence-electron chi connectivity index (χ3n) is 5.89. The molecule has 3 N–H and O–H groups in total. The van der Waals surface area contributed by atoms with E-state index in [1.54, 1.807) is 13.8 Å². The van der Waals surface area contributed by atoms with Crippen LogP contribution in [0.1, 0.15) is 55.5 Å². The molecule has 4 rings (SSSR count). The maximum atomic E-state index is 12.7. The van der Waals surface area contributed by atoms with Gasteiger partial charge in [-0.2, -0.15) is 0 Å². The molecule has 2 heterocycles. The zero-order valence-electron chi connectivity index (χ0n) is 18.4. The van der Waals surface area contributed by atoms with Crippen molar-refractivity contribution in [3.63, 3.8) is 0 Å². The van der Waals surface area contributed by atoms with Gasteiger partial charge >= 0.3 is 0 Å². The first-order valence-corrected chi connectivity index (χ1v) is 11.0. The zero-order valence-corrected chi connectivity index (χ0v) is 18.4. The Morgan fingerprint density at radius 1 is 1.19 bits per heavy atom. The van der Waals surface area contributed by atoms with Gasteiger partial charge in [0.1, 0.15) is 0 Å². The monoisotopic (exact) mass is 421 g/mol. The van der Waals surface area contributed by atoms with Crippen LogP contribution in [-0.2, 0) is 4.74 Å². The summed E-state index contributed by atoms with van der Waals surface area (Å²) in [4.78, 5) is 20.6. The van der Waals surface area contributed by atoms with Crippen molar-refractivity contribution in [2.75, 3.05) is 6.61 Å². The van der Waals surface area contributed by atoms with Crippen LogP contribution in [0, 0.1) is 6.92 Å². The van der Waals surface area contributed by atoms with E-state index in [1.165, 1.54) is 0 Å². The Kier molecular flexibility index (Phi) is 6.12. The molecular weight excluding hydrogens is 390 g/mol. The molecule has 1 saturated carbocycles. The lowest BCUT2D eigenvalue weighted by atomic mass is 9.92. The normalized spacial score (nSPS) is 19.5. The second kappa shape index (κ2) is 8.81. The Bertz CT molecular complexity index is 1040.